The summed E-state index contributed by atoms with van der Waals surface area (Å²) >= 11 is 1.67. The number of alkyl halides is 3. The summed E-state index contributed by atoms with van der Waals surface area (Å²) in [4.78, 5) is -0.197. The Hall–Kier alpha value is -0.770. The maximum Gasteiger partial charge on any atom is 0.416 e. The van der Waals surface area contributed by atoms with Crippen LogP contribution in [-0.4, -0.2) is 39.2 Å². The Bertz CT molecular complexity index is 608. The van der Waals surface area contributed by atoms with E-state index in [9.17, 15) is 21.6 Å². The second-order valence-corrected chi connectivity index (χ2v) is 7.91. The van der Waals surface area contributed by atoms with Crippen molar-refractivity contribution in [2.24, 2.45) is 0 Å². The van der Waals surface area contributed by atoms with E-state index in [1.807, 2.05) is 0 Å². The Labute approximate surface area is 131 Å². The average Bonchev–Trinajstić information content (AvgIpc) is 2.94. The summed E-state index contributed by atoms with van der Waals surface area (Å²) in [6, 6.07) is 3.42. The molecule has 0 radical (unpaired) electrons. The van der Waals surface area contributed by atoms with Gasteiger partial charge in [-0.2, -0.15) is 24.9 Å². The van der Waals surface area contributed by atoms with E-state index in [0.717, 1.165) is 36.4 Å². The Morgan fingerprint density at radius 2 is 1.95 bits per heavy atom. The molecular weight excluding hydrogens is 339 g/mol. The first-order chi connectivity index (χ1) is 10.2. The van der Waals surface area contributed by atoms with Gasteiger partial charge in [0.2, 0.25) is 10.0 Å². The lowest BCUT2D eigenvalue weighted by atomic mass is 10.0. The van der Waals surface area contributed by atoms with E-state index in [2.05, 4.69) is 4.72 Å². The molecule has 1 aliphatic heterocycles. The van der Waals surface area contributed by atoms with Gasteiger partial charge in [-0.3, -0.25) is 0 Å². The number of ether oxygens (including phenoxy) is 1. The summed E-state index contributed by atoms with van der Waals surface area (Å²) in [5, 5.41) is 0. The molecule has 1 atom stereocenters. The molecule has 0 aromatic heterocycles. The first kappa shape index (κ1) is 17.6. The van der Waals surface area contributed by atoms with Gasteiger partial charge in [0.1, 0.15) is 0 Å². The molecule has 0 spiro atoms. The molecule has 1 saturated heterocycles. The Morgan fingerprint density at radius 3 is 2.41 bits per heavy atom. The third kappa shape index (κ3) is 3.95. The summed E-state index contributed by atoms with van der Waals surface area (Å²) in [5.41, 5.74) is -1.43. The molecule has 1 aliphatic rings. The molecule has 2 rings (SSSR count). The molecule has 0 unspecified atom stereocenters. The molecule has 1 heterocycles. The van der Waals surface area contributed by atoms with Crippen molar-refractivity contribution in [3.63, 3.8) is 0 Å². The van der Waals surface area contributed by atoms with Crippen molar-refractivity contribution in [1.29, 1.82) is 0 Å². The summed E-state index contributed by atoms with van der Waals surface area (Å²) in [6.07, 6.45) is -3.76. The molecule has 1 N–H and O–H groups in total. The highest BCUT2D eigenvalue weighted by molar-refractivity contribution is 7.99. The highest BCUT2D eigenvalue weighted by Crippen LogP contribution is 2.31. The third-order valence-electron chi connectivity index (χ3n) is 3.58. The molecule has 1 aromatic carbocycles. The van der Waals surface area contributed by atoms with Gasteiger partial charge in [0, 0.05) is 19.4 Å². The quantitative estimate of drug-likeness (QED) is 0.882. The van der Waals surface area contributed by atoms with Crippen molar-refractivity contribution in [3.8, 4) is 0 Å². The minimum Gasteiger partial charge on any atom is -0.376 e. The van der Waals surface area contributed by atoms with E-state index in [-0.39, 0.29) is 11.4 Å². The topological polar surface area (TPSA) is 55.4 Å². The van der Waals surface area contributed by atoms with Crippen LogP contribution >= 0.6 is 11.8 Å². The fourth-order valence-corrected chi connectivity index (χ4v) is 4.61. The van der Waals surface area contributed by atoms with Crippen LogP contribution in [0.1, 0.15) is 12.0 Å². The van der Waals surface area contributed by atoms with Crippen LogP contribution < -0.4 is 4.72 Å². The monoisotopic (exact) mass is 355 g/mol. The van der Waals surface area contributed by atoms with Gasteiger partial charge in [-0.25, -0.2) is 13.1 Å². The SMILES string of the molecule is CO[C@@]1(CNS(=O)(=O)c2ccc(C(F)(F)F)cc2)CCSC1. The highest BCUT2D eigenvalue weighted by atomic mass is 32.2. The molecule has 1 aromatic rings. The Balaban J connectivity index is 2.10. The number of halogens is 3. The largest absolute Gasteiger partial charge is 0.416 e. The van der Waals surface area contributed by atoms with Crippen molar-refractivity contribution in [1.82, 2.24) is 4.72 Å². The van der Waals surface area contributed by atoms with Crippen LogP contribution in [0.5, 0.6) is 0 Å². The number of methoxy groups -OCH3 is 1. The number of hydrogen-bond acceptors (Lipinski definition) is 4. The highest BCUT2D eigenvalue weighted by Gasteiger charge is 2.36. The smallest absolute Gasteiger partial charge is 0.376 e. The lowest BCUT2D eigenvalue weighted by Gasteiger charge is -2.26. The number of thioether (sulfide) groups is 1. The summed E-state index contributed by atoms with van der Waals surface area (Å²) in [6.45, 7) is 0.0971. The number of sulfonamides is 1. The predicted molar refractivity (Wildman–Crippen MR) is 78.3 cm³/mol. The Morgan fingerprint density at radius 1 is 1.32 bits per heavy atom. The zero-order valence-electron chi connectivity index (χ0n) is 11.8. The summed E-state index contributed by atoms with van der Waals surface area (Å²) in [5.74, 6) is 1.56. The van der Waals surface area contributed by atoms with E-state index in [4.69, 9.17) is 4.74 Å². The lowest BCUT2D eigenvalue weighted by Crippen LogP contribution is -2.44. The second-order valence-electron chi connectivity index (χ2n) is 5.04. The van der Waals surface area contributed by atoms with Gasteiger partial charge in [0.05, 0.1) is 16.1 Å². The fourth-order valence-electron chi connectivity index (χ4n) is 2.09. The first-order valence-electron chi connectivity index (χ1n) is 6.48. The maximum atomic E-state index is 12.5. The molecule has 0 aliphatic carbocycles. The summed E-state index contributed by atoms with van der Waals surface area (Å²) < 4.78 is 69.6. The average molecular weight is 355 g/mol. The summed E-state index contributed by atoms with van der Waals surface area (Å²) in [7, 11) is -2.34. The van der Waals surface area contributed by atoms with Crippen LogP contribution in [0, 0.1) is 0 Å². The van der Waals surface area contributed by atoms with Gasteiger partial charge < -0.3 is 4.74 Å². The van der Waals surface area contributed by atoms with E-state index in [1.54, 1.807) is 11.8 Å². The van der Waals surface area contributed by atoms with Gasteiger partial charge in [-0.05, 0) is 36.4 Å². The van der Waals surface area contributed by atoms with E-state index < -0.39 is 27.4 Å². The lowest BCUT2D eigenvalue weighted by molar-refractivity contribution is -0.137. The molecule has 0 amide bonds. The fraction of sp³-hybridized carbons (Fsp3) is 0.538. The molecule has 124 valence electrons. The van der Waals surface area contributed by atoms with Crippen molar-refractivity contribution in [2.45, 2.75) is 23.1 Å². The third-order valence-corrected chi connectivity index (χ3v) is 6.22. The van der Waals surface area contributed by atoms with Crippen LogP contribution in [0.25, 0.3) is 0 Å². The van der Waals surface area contributed by atoms with E-state index >= 15 is 0 Å². The molecule has 4 nitrogen and oxygen atoms in total. The van der Waals surface area contributed by atoms with Gasteiger partial charge in [0.15, 0.2) is 0 Å². The van der Waals surface area contributed by atoms with Crippen molar-refractivity contribution in [2.75, 3.05) is 25.2 Å². The molecule has 9 heteroatoms. The van der Waals surface area contributed by atoms with Crippen molar-refractivity contribution >= 4 is 21.8 Å². The van der Waals surface area contributed by atoms with Crippen LogP contribution in [0.4, 0.5) is 13.2 Å². The minimum atomic E-state index is -4.49. The number of hydrogen-bond donors (Lipinski definition) is 1. The molecule has 0 bridgehead atoms. The predicted octanol–water partition coefficient (Wildman–Crippen LogP) is 2.51. The zero-order valence-corrected chi connectivity index (χ0v) is 13.4. The molecule has 22 heavy (non-hydrogen) atoms. The number of nitrogens with one attached hydrogen (secondary N) is 1. The second kappa shape index (κ2) is 6.38. The van der Waals surface area contributed by atoms with Gasteiger partial charge >= 0.3 is 6.18 Å². The van der Waals surface area contributed by atoms with Gasteiger partial charge in [0.25, 0.3) is 0 Å². The van der Waals surface area contributed by atoms with Crippen LogP contribution in [0.2, 0.25) is 0 Å². The normalized spacial score (nSPS) is 22.9. The number of benzene rings is 1. The standard InChI is InChI=1S/C13H16F3NO3S2/c1-20-12(6-7-21-9-12)8-17-22(18,19)11-4-2-10(3-5-11)13(14,15)16/h2-5,17H,6-9H2,1H3/t12-/m1/s1. The minimum absolute atomic E-state index is 0.0971. The van der Waals surface area contributed by atoms with E-state index in [0.29, 0.717) is 5.75 Å². The maximum absolute atomic E-state index is 12.5. The van der Waals surface area contributed by atoms with Crippen LogP contribution in [0.15, 0.2) is 29.2 Å². The van der Waals surface area contributed by atoms with Crippen molar-refractivity contribution < 1.29 is 26.3 Å². The molecular formula is C13H16F3NO3S2. The van der Waals surface area contributed by atoms with Gasteiger partial charge in [-0.15, -0.1) is 0 Å². The van der Waals surface area contributed by atoms with Gasteiger partial charge in [-0.1, -0.05) is 0 Å². The van der Waals surface area contributed by atoms with Crippen molar-refractivity contribution in [3.05, 3.63) is 29.8 Å². The first-order valence-corrected chi connectivity index (χ1v) is 9.12. The van der Waals surface area contributed by atoms with E-state index in [1.165, 1.54) is 7.11 Å². The number of rotatable bonds is 5. The molecule has 0 saturated carbocycles. The molecule has 1 fully saturated rings. The van der Waals surface area contributed by atoms with Crippen LogP contribution in [0.3, 0.4) is 0 Å². The Kier molecular flexibility index (Phi) is 5.10. The zero-order chi connectivity index (χ0) is 16.4. The van der Waals surface area contributed by atoms with Crippen LogP contribution in [-0.2, 0) is 20.9 Å².